The van der Waals surface area contributed by atoms with Crippen LogP contribution in [-0.4, -0.2) is 24.6 Å². The van der Waals surface area contributed by atoms with Gasteiger partial charge in [-0.1, -0.05) is 6.92 Å². The van der Waals surface area contributed by atoms with Crippen LogP contribution >= 0.6 is 0 Å². The summed E-state index contributed by atoms with van der Waals surface area (Å²) in [5.41, 5.74) is -0.724. The van der Waals surface area contributed by atoms with Crippen molar-refractivity contribution >= 4 is 5.78 Å². The van der Waals surface area contributed by atoms with Gasteiger partial charge >= 0.3 is 0 Å². The van der Waals surface area contributed by atoms with Crippen LogP contribution in [-0.2, 0) is 14.3 Å². The van der Waals surface area contributed by atoms with E-state index in [9.17, 15) is 4.79 Å². The van der Waals surface area contributed by atoms with Gasteiger partial charge in [0.1, 0.15) is 5.60 Å². The van der Waals surface area contributed by atoms with E-state index in [2.05, 4.69) is 0 Å². The minimum Gasteiger partial charge on any atom is -0.490 e. The first-order chi connectivity index (χ1) is 7.14. The molecule has 1 rings (SSSR count). The Balaban J connectivity index is 2.75. The molecule has 15 heavy (non-hydrogen) atoms. The second-order valence-electron chi connectivity index (χ2n) is 3.91. The van der Waals surface area contributed by atoms with Gasteiger partial charge in [-0.3, -0.25) is 4.79 Å². The Bertz CT molecular complexity index is 258. The number of Topliss-reactive ketones (excluding diaryl/α,β-unsaturated/α-hetero) is 1. The SMILES string of the molecule is CCOC(C)(CC)C(=O)C1=CCCCO1. The zero-order valence-corrected chi connectivity index (χ0v) is 9.84. The fraction of sp³-hybridized carbons (Fsp3) is 0.750. The Hall–Kier alpha value is -0.830. The maximum atomic E-state index is 12.1. The smallest absolute Gasteiger partial charge is 0.228 e. The molecule has 0 aromatic heterocycles. The van der Waals surface area contributed by atoms with Gasteiger partial charge in [0.15, 0.2) is 5.76 Å². The van der Waals surface area contributed by atoms with Crippen molar-refractivity contribution in [1.82, 2.24) is 0 Å². The van der Waals surface area contributed by atoms with Crippen molar-refractivity contribution < 1.29 is 14.3 Å². The summed E-state index contributed by atoms with van der Waals surface area (Å²) in [6.07, 6.45) is 4.46. The van der Waals surface area contributed by atoms with E-state index in [0.29, 0.717) is 25.4 Å². The van der Waals surface area contributed by atoms with Crippen LogP contribution in [0.15, 0.2) is 11.8 Å². The van der Waals surface area contributed by atoms with Gasteiger partial charge in [0, 0.05) is 6.61 Å². The first-order valence-corrected chi connectivity index (χ1v) is 5.65. The monoisotopic (exact) mass is 212 g/mol. The lowest BCUT2D eigenvalue weighted by Gasteiger charge is -2.28. The fourth-order valence-corrected chi connectivity index (χ4v) is 1.62. The number of allylic oxidation sites excluding steroid dienone is 1. The molecule has 1 heterocycles. The van der Waals surface area contributed by atoms with Crippen LogP contribution in [0.4, 0.5) is 0 Å². The first kappa shape index (κ1) is 12.2. The minimum atomic E-state index is -0.724. The van der Waals surface area contributed by atoms with Gasteiger partial charge in [0.05, 0.1) is 6.61 Å². The molecular weight excluding hydrogens is 192 g/mol. The molecule has 1 aliphatic rings. The number of rotatable bonds is 5. The normalized spacial score (nSPS) is 20.1. The van der Waals surface area contributed by atoms with Crippen molar-refractivity contribution in [3.05, 3.63) is 11.8 Å². The lowest BCUT2D eigenvalue weighted by atomic mass is 9.95. The van der Waals surface area contributed by atoms with E-state index in [4.69, 9.17) is 9.47 Å². The molecule has 1 atom stereocenters. The third kappa shape index (κ3) is 2.81. The van der Waals surface area contributed by atoms with Crippen LogP contribution in [0.2, 0.25) is 0 Å². The fourth-order valence-electron chi connectivity index (χ4n) is 1.62. The topological polar surface area (TPSA) is 35.5 Å². The molecule has 0 spiro atoms. The van der Waals surface area contributed by atoms with E-state index in [1.54, 1.807) is 0 Å². The summed E-state index contributed by atoms with van der Waals surface area (Å²) in [4.78, 5) is 12.1. The van der Waals surface area contributed by atoms with Crippen LogP contribution < -0.4 is 0 Å². The van der Waals surface area contributed by atoms with Gasteiger partial charge in [-0.05, 0) is 39.2 Å². The van der Waals surface area contributed by atoms with Gasteiger partial charge in [-0.2, -0.15) is 0 Å². The quantitative estimate of drug-likeness (QED) is 0.702. The van der Waals surface area contributed by atoms with Crippen molar-refractivity contribution in [3.63, 3.8) is 0 Å². The molecule has 86 valence electrons. The summed E-state index contributed by atoms with van der Waals surface area (Å²) in [6, 6.07) is 0. The summed E-state index contributed by atoms with van der Waals surface area (Å²) >= 11 is 0. The van der Waals surface area contributed by atoms with E-state index in [-0.39, 0.29) is 5.78 Å². The number of hydrogen-bond donors (Lipinski definition) is 0. The minimum absolute atomic E-state index is 0.0217. The summed E-state index contributed by atoms with van der Waals surface area (Å²) < 4.78 is 10.9. The summed E-state index contributed by atoms with van der Waals surface area (Å²) in [5, 5.41) is 0. The Labute approximate surface area is 91.4 Å². The van der Waals surface area contributed by atoms with Gasteiger partial charge in [-0.25, -0.2) is 0 Å². The highest BCUT2D eigenvalue weighted by Crippen LogP contribution is 2.23. The Morgan fingerprint density at radius 1 is 1.60 bits per heavy atom. The molecule has 3 heteroatoms. The largest absolute Gasteiger partial charge is 0.490 e. The standard InChI is InChI=1S/C12H20O3/c1-4-12(3,15-5-2)11(13)10-8-6-7-9-14-10/h8H,4-7,9H2,1-3H3. The molecule has 1 aliphatic heterocycles. The van der Waals surface area contributed by atoms with Crippen molar-refractivity contribution in [1.29, 1.82) is 0 Å². The average molecular weight is 212 g/mol. The van der Waals surface area contributed by atoms with Gasteiger partial charge in [0.25, 0.3) is 0 Å². The molecule has 1 unspecified atom stereocenters. The molecule has 0 saturated carbocycles. The van der Waals surface area contributed by atoms with E-state index < -0.39 is 5.60 Å². The van der Waals surface area contributed by atoms with Crippen molar-refractivity contribution in [2.24, 2.45) is 0 Å². The second kappa shape index (κ2) is 5.31. The number of carbonyl (C=O) groups excluding carboxylic acids is 1. The van der Waals surface area contributed by atoms with E-state index >= 15 is 0 Å². The van der Waals surface area contributed by atoms with Crippen LogP contribution in [0.3, 0.4) is 0 Å². The van der Waals surface area contributed by atoms with Crippen LogP contribution in [0.5, 0.6) is 0 Å². The molecule has 0 radical (unpaired) electrons. The number of carbonyl (C=O) groups is 1. The van der Waals surface area contributed by atoms with E-state index in [0.717, 1.165) is 12.8 Å². The zero-order valence-electron chi connectivity index (χ0n) is 9.84. The van der Waals surface area contributed by atoms with E-state index in [1.807, 2.05) is 26.8 Å². The zero-order chi connectivity index (χ0) is 11.3. The maximum absolute atomic E-state index is 12.1. The molecule has 0 aliphatic carbocycles. The van der Waals surface area contributed by atoms with Crippen molar-refractivity contribution in [2.45, 2.75) is 45.6 Å². The molecule has 0 N–H and O–H groups in total. The van der Waals surface area contributed by atoms with Crippen LogP contribution in [0.25, 0.3) is 0 Å². The highest BCUT2D eigenvalue weighted by Gasteiger charge is 2.35. The lowest BCUT2D eigenvalue weighted by molar-refractivity contribution is -0.142. The molecular formula is C12H20O3. The third-order valence-electron chi connectivity index (χ3n) is 2.78. The Morgan fingerprint density at radius 3 is 2.80 bits per heavy atom. The first-order valence-electron chi connectivity index (χ1n) is 5.65. The predicted molar refractivity (Wildman–Crippen MR) is 58.6 cm³/mol. The highest BCUT2D eigenvalue weighted by atomic mass is 16.5. The molecule has 0 saturated heterocycles. The molecule has 0 aromatic carbocycles. The van der Waals surface area contributed by atoms with Gasteiger partial charge < -0.3 is 9.47 Å². The Morgan fingerprint density at radius 2 is 2.33 bits per heavy atom. The molecule has 0 aromatic rings. The van der Waals surface area contributed by atoms with Crippen LogP contribution in [0.1, 0.15) is 40.0 Å². The van der Waals surface area contributed by atoms with Crippen molar-refractivity contribution in [3.8, 4) is 0 Å². The molecule has 0 fully saturated rings. The third-order valence-corrected chi connectivity index (χ3v) is 2.78. The molecule has 3 nitrogen and oxygen atoms in total. The summed E-state index contributed by atoms with van der Waals surface area (Å²) in [5.74, 6) is 0.464. The summed E-state index contributed by atoms with van der Waals surface area (Å²) in [7, 11) is 0. The summed E-state index contributed by atoms with van der Waals surface area (Å²) in [6.45, 7) is 6.87. The van der Waals surface area contributed by atoms with E-state index in [1.165, 1.54) is 0 Å². The maximum Gasteiger partial charge on any atom is 0.228 e. The molecule has 0 bridgehead atoms. The number of hydrogen-bond acceptors (Lipinski definition) is 3. The van der Waals surface area contributed by atoms with Crippen molar-refractivity contribution in [2.75, 3.05) is 13.2 Å². The number of ether oxygens (including phenoxy) is 2. The lowest BCUT2D eigenvalue weighted by Crippen LogP contribution is -2.39. The predicted octanol–water partition coefficient (Wildman–Crippen LogP) is 2.46. The molecule has 0 amide bonds. The van der Waals surface area contributed by atoms with Gasteiger partial charge in [0.2, 0.25) is 5.78 Å². The van der Waals surface area contributed by atoms with Gasteiger partial charge in [-0.15, -0.1) is 0 Å². The second-order valence-corrected chi connectivity index (χ2v) is 3.91. The number of ketones is 1. The van der Waals surface area contributed by atoms with Crippen LogP contribution in [0, 0.1) is 0 Å². The average Bonchev–Trinajstić information content (AvgIpc) is 2.29. The highest BCUT2D eigenvalue weighted by molar-refractivity contribution is 6.00. The Kier molecular flexibility index (Phi) is 4.33.